The van der Waals surface area contributed by atoms with Crippen LogP contribution in [0.2, 0.25) is 0 Å². The van der Waals surface area contributed by atoms with Crippen molar-refractivity contribution in [3.63, 3.8) is 0 Å². The first-order valence-corrected chi connectivity index (χ1v) is 11.7. The number of nitrogens with zero attached hydrogens (tertiary/aromatic N) is 4. The summed E-state index contributed by atoms with van der Waals surface area (Å²) < 4.78 is 21.7. The summed E-state index contributed by atoms with van der Waals surface area (Å²) in [5.74, 6) is 0.253. The maximum absolute atomic E-state index is 14.0. The van der Waals surface area contributed by atoms with E-state index in [1.54, 1.807) is 32.0 Å². The summed E-state index contributed by atoms with van der Waals surface area (Å²) in [5.41, 5.74) is 1.07. The molecular weight excluding hydrogens is 461 g/mol. The molecule has 1 atom stereocenters. The van der Waals surface area contributed by atoms with Crippen molar-refractivity contribution >= 4 is 29.0 Å². The summed E-state index contributed by atoms with van der Waals surface area (Å²) in [6.45, 7) is 8.15. The molecule has 0 aliphatic rings. The standard InChI is InChI=1S/C23H26FN5O4S/c1-14(2)12-28-22(16(4)33-20-8-6-5-7-18(20)24)26-27-23(28)34-13-21(30)25-19-10-9-17(29(31)32)11-15(19)3/h5-11,14,16H,12-13H2,1-4H3,(H,25,30). The Morgan fingerprint density at radius 1 is 1.24 bits per heavy atom. The molecule has 0 saturated heterocycles. The number of ether oxygens (including phenoxy) is 1. The van der Waals surface area contributed by atoms with E-state index < -0.39 is 16.8 Å². The van der Waals surface area contributed by atoms with Crippen LogP contribution in [0.5, 0.6) is 5.75 Å². The van der Waals surface area contributed by atoms with Gasteiger partial charge in [0.05, 0.1) is 10.7 Å². The quantitative estimate of drug-likeness (QED) is 0.239. The number of nitro benzene ring substituents is 1. The van der Waals surface area contributed by atoms with Crippen molar-refractivity contribution < 1.29 is 18.8 Å². The van der Waals surface area contributed by atoms with Crippen LogP contribution in [0.3, 0.4) is 0 Å². The molecule has 0 spiro atoms. The minimum absolute atomic E-state index is 0.0362. The third kappa shape index (κ3) is 6.31. The molecule has 11 heteroatoms. The molecule has 1 amide bonds. The average Bonchev–Trinajstić information content (AvgIpc) is 3.17. The number of carbonyl (C=O) groups excluding carboxylic acids is 1. The summed E-state index contributed by atoms with van der Waals surface area (Å²) in [4.78, 5) is 22.9. The third-order valence-electron chi connectivity index (χ3n) is 4.82. The Kier molecular flexibility index (Phi) is 8.21. The van der Waals surface area contributed by atoms with Gasteiger partial charge in [-0.3, -0.25) is 14.9 Å². The zero-order valence-corrected chi connectivity index (χ0v) is 20.1. The van der Waals surface area contributed by atoms with E-state index in [1.165, 1.54) is 36.0 Å². The van der Waals surface area contributed by atoms with Gasteiger partial charge < -0.3 is 14.6 Å². The number of non-ortho nitro benzene ring substituents is 1. The molecule has 0 aliphatic heterocycles. The number of benzene rings is 2. The molecule has 34 heavy (non-hydrogen) atoms. The number of carbonyl (C=O) groups is 1. The van der Waals surface area contributed by atoms with E-state index in [1.807, 2.05) is 18.4 Å². The van der Waals surface area contributed by atoms with Crippen LogP contribution in [0.15, 0.2) is 47.6 Å². The lowest BCUT2D eigenvalue weighted by Crippen LogP contribution is -2.17. The Morgan fingerprint density at radius 3 is 2.62 bits per heavy atom. The Bertz CT molecular complexity index is 1180. The van der Waals surface area contributed by atoms with Crippen molar-refractivity contribution in [1.29, 1.82) is 0 Å². The zero-order chi connectivity index (χ0) is 24.8. The number of nitro groups is 1. The first kappa shape index (κ1) is 25.2. The summed E-state index contributed by atoms with van der Waals surface area (Å²) >= 11 is 1.22. The Hall–Kier alpha value is -3.47. The largest absolute Gasteiger partial charge is 0.480 e. The molecule has 1 unspecified atom stereocenters. The van der Waals surface area contributed by atoms with Crippen molar-refractivity contribution in [1.82, 2.24) is 14.8 Å². The fourth-order valence-electron chi connectivity index (χ4n) is 3.25. The minimum atomic E-state index is -0.561. The number of hydrogen-bond acceptors (Lipinski definition) is 7. The first-order chi connectivity index (χ1) is 16.2. The molecule has 3 rings (SSSR count). The lowest BCUT2D eigenvalue weighted by molar-refractivity contribution is -0.384. The second-order valence-corrected chi connectivity index (χ2v) is 9.07. The summed E-state index contributed by atoms with van der Waals surface area (Å²) in [5, 5.41) is 22.7. The number of aryl methyl sites for hydroxylation is 1. The second kappa shape index (κ2) is 11.1. The zero-order valence-electron chi connectivity index (χ0n) is 19.3. The van der Waals surface area contributed by atoms with Crippen LogP contribution in [0.4, 0.5) is 15.8 Å². The van der Waals surface area contributed by atoms with Gasteiger partial charge in [0, 0.05) is 24.4 Å². The number of rotatable bonds is 10. The predicted molar refractivity (Wildman–Crippen MR) is 127 cm³/mol. The van der Waals surface area contributed by atoms with Crippen LogP contribution in [0, 0.1) is 28.8 Å². The van der Waals surface area contributed by atoms with Gasteiger partial charge in [-0.2, -0.15) is 0 Å². The molecule has 1 heterocycles. The number of para-hydroxylation sites is 1. The Labute approximate surface area is 200 Å². The van der Waals surface area contributed by atoms with Crippen LogP contribution in [-0.4, -0.2) is 31.3 Å². The summed E-state index contributed by atoms with van der Waals surface area (Å²) in [7, 11) is 0. The number of hydrogen-bond donors (Lipinski definition) is 1. The van der Waals surface area contributed by atoms with Gasteiger partial charge in [-0.1, -0.05) is 37.7 Å². The van der Waals surface area contributed by atoms with Gasteiger partial charge in [0.25, 0.3) is 5.69 Å². The van der Waals surface area contributed by atoms with Gasteiger partial charge in [0.2, 0.25) is 5.91 Å². The average molecular weight is 488 g/mol. The van der Waals surface area contributed by atoms with Gasteiger partial charge in [-0.15, -0.1) is 10.2 Å². The van der Waals surface area contributed by atoms with E-state index in [0.717, 1.165) is 0 Å². The molecule has 0 fully saturated rings. The smallest absolute Gasteiger partial charge is 0.269 e. The van der Waals surface area contributed by atoms with Gasteiger partial charge >= 0.3 is 0 Å². The van der Waals surface area contributed by atoms with Crippen LogP contribution < -0.4 is 10.1 Å². The highest BCUT2D eigenvalue weighted by Gasteiger charge is 2.22. The van der Waals surface area contributed by atoms with Gasteiger partial charge in [0.15, 0.2) is 28.7 Å². The van der Waals surface area contributed by atoms with E-state index in [0.29, 0.717) is 28.8 Å². The number of thioether (sulfide) groups is 1. The van der Waals surface area contributed by atoms with Crippen LogP contribution in [0.1, 0.15) is 38.3 Å². The highest BCUT2D eigenvalue weighted by atomic mass is 32.2. The molecular formula is C23H26FN5O4S. The summed E-state index contributed by atoms with van der Waals surface area (Å²) in [6.07, 6.45) is -0.561. The molecule has 0 radical (unpaired) electrons. The highest BCUT2D eigenvalue weighted by Crippen LogP contribution is 2.27. The highest BCUT2D eigenvalue weighted by molar-refractivity contribution is 7.99. The number of nitrogens with one attached hydrogen (secondary N) is 1. The maximum Gasteiger partial charge on any atom is 0.269 e. The third-order valence-corrected chi connectivity index (χ3v) is 5.79. The molecule has 9 nitrogen and oxygen atoms in total. The number of anilines is 1. The topological polar surface area (TPSA) is 112 Å². The number of amides is 1. The first-order valence-electron chi connectivity index (χ1n) is 10.7. The fraction of sp³-hybridized carbons (Fsp3) is 0.348. The van der Waals surface area contributed by atoms with Crippen LogP contribution in [0.25, 0.3) is 0 Å². The minimum Gasteiger partial charge on any atom is -0.480 e. The molecule has 2 aromatic carbocycles. The summed E-state index contributed by atoms with van der Waals surface area (Å²) in [6, 6.07) is 10.4. The van der Waals surface area contributed by atoms with Crippen molar-refractivity contribution in [3.8, 4) is 5.75 Å². The Balaban J connectivity index is 1.70. The molecule has 3 aromatic rings. The monoisotopic (exact) mass is 487 g/mol. The molecule has 1 aromatic heterocycles. The van der Waals surface area contributed by atoms with Gasteiger partial charge in [-0.25, -0.2) is 4.39 Å². The van der Waals surface area contributed by atoms with Gasteiger partial charge in [-0.05, 0) is 43.5 Å². The van der Waals surface area contributed by atoms with Crippen LogP contribution >= 0.6 is 11.8 Å². The molecule has 0 bridgehead atoms. The van der Waals surface area contributed by atoms with E-state index in [9.17, 15) is 19.3 Å². The molecule has 0 saturated carbocycles. The molecule has 1 N–H and O–H groups in total. The van der Waals surface area contributed by atoms with E-state index in [-0.39, 0.29) is 29.0 Å². The van der Waals surface area contributed by atoms with Crippen molar-refractivity contribution in [2.24, 2.45) is 5.92 Å². The number of aromatic nitrogens is 3. The molecule has 0 aliphatic carbocycles. The second-order valence-electron chi connectivity index (χ2n) is 8.13. The van der Waals surface area contributed by atoms with Crippen molar-refractivity contribution in [3.05, 3.63) is 69.8 Å². The van der Waals surface area contributed by atoms with Crippen molar-refractivity contribution in [2.45, 2.75) is 45.5 Å². The normalized spacial score (nSPS) is 11.9. The van der Waals surface area contributed by atoms with Gasteiger partial charge in [0.1, 0.15) is 0 Å². The maximum atomic E-state index is 14.0. The van der Waals surface area contributed by atoms with E-state index in [2.05, 4.69) is 15.5 Å². The fourth-order valence-corrected chi connectivity index (χ4v) is 4.00. The Morgan fingerprint density at radius 2 is 1.97 bits per heavy atom. The lowest BCUT2D eigenvalue weighted by atomic mass is 10.2. The lowest BCUT2D eigenvalue weighted by Gasteiger charge is -2.18. The van der Waals surface area contributed by atoms with E-state index >= 15 is 0 Å². The van der Waals surface area contributed by atoms with Crippen molar-refractivity contribution in [2.75, 3.05) is 11.1 Å². The predicted octanol–water partition coefficient (Wildman–Crippen LogP) is 5.16. The molecule has 180 valence electrons. The SMILES string of the molecule is Cc1cc([N+](=O)[O-])ccc1NC(=O)CSc1nnc(C(C)Oc2ccccc2F)n1CC(C)C. The van der Waals surface area contributed by atoms with E-state index in [4.69, 9.17) is 4.74 Å². The number of halogens is 1. The van der Waals surface area contributed by atoms with Crippen LogP contribution in [-0.2, 0) is 11.3 Å².